The van der Waals surface area contributed by atoms with Crippen molar-refractivity contribution in [2.24, 2.45) is 0 Å². The van der Waals surface area contributed by atoms with Crippen LogP contribution in [0.25, 0.3) is 6.08 Å². The number of nitrogens with one attached hydrogen (secondary N) is 3. The molecule has 53 heavy (non-hydrogen) atoms. The van der Waals surface area contributed by atoms with E-state index in [0.29, 0.717) is 21.8 Å². The van der Waals surface area contributed by atoms with E-state index in [9.17, 15) is 19.2 Å². The number of ether oxygens (including phenoxy) is 1. The molecule has 0 bridgehead atoms. The predicted molar refractivity (Wildman–Crippen MR) is 213 cm³/mol. The van der Waals surface area contributed by atoms with Gasteiger partial charge >= 0.3 is 5.97 Å². The van der Waals surface area contributed by atoms with Crippen molar-refractivity contribution in [3.05, 3.63) is 153 Å². The molecular formula is C43H41N3O5S2. The van der Waals surface area contributed by atoms with Crippen LogP contribution in [0.15, 0.2) is 120 Å². The van der Waals surface area contributed by atoms with Crippen LogP contribution >= 0.6 is 23.1 Å². The Labute approximate surface area is 318 Å². The molecule has 6 rings (SSSR count). The third-order valence-corrected chi connectivity index (χ3v) is 11.2. The fourth-order valence-corrected chi connectivity index (χ4v) is 8.54. The number of thiophene rings is 1. The molecule has 270 valence electrons. The first-order valence-electron chi connectivity index (χ1n) is 17.7. The number of esters is 1. The normalized spacial score (nSPS) is 13.2. The second-order valence-electron chi connectivity index (χ2n) is 12.7. The summed E-state index contributed by atoms with van der Waals surface area (Å²) < 4.78 is 5.45. The van der Waals surface area contributed by atoms with Crippen LogP contribution in [0.1, 0.15) is 79.3 Å². The minimum Gasteiger partial charge on any atom is -0.462 e. The van der Waals surface area contributed by atoms with Gasteiger partial charge in [-0.15, -0.1) is 23.1 Å². The number of carbonyl (C=O) groups is 4. The molecule has 1 heterocycles. The smallest absolute Gasteiger partial charge is 0.341 e. The molecule has 0 saturated heterocycles. The number of anilines is 2. The number of carbonyl (C=O) groups excluding carboxylic acids is 4. The van der Waals surface area contributed by atoms with Crippen molar-refractivity contribution in [2.45, 2.75) is 56.1 Å². The van der Waals surface area contributed by atoms with E-state index in [-0.39, 0.29) is 18.2 Å². The highest BCUT2D eigenvalue weighted by molar-refractivity contribution is 8.00. The van der Waals surface area contributed by atoms with Crippen LogP contribution in [-0.4, -0.2) is 30.3 Å². The van der Waals surface area contributed by atoms with Crippen molar-refractivity contribution < 1.29 is 23.9 Å². The van der Waals surface area contributed by atoms with E-state index < -0.39 is 23.0 Å². The summed E-state index contributed by atoms with van der Waals surface area (Å²) in [7, 11) is 0. The summed E-state index contributed by atoms with van der Waals surface area (Å²) in [4.78, 5) is 56.2. The maximum atomic E-state index is 14.2. The maximum Gasteiger partial charge on any atom is 0.341 e. The highest BCUT2D eigenvalue weighted by atomic mass is 32.2. The zero-order valence-corrected chi connectivity index (χ0v) is 31.3. The van der Waals surface area contributed by atoms with Gasteiger partial charge in [-0.05, 0) is 92.6 Å². The van der Waals surface area contributed by atoms with Gasteiger partial charge in [0.15, 0.2) is 0 Å². The topological polar surface area (TPSA) is 114 Å². The van der Waals surface area contributed by atoms with Crippen molar-refractivity contribution in [3.63, 3.8) is 0 Å². The summed E-state index contributed by atoms with van der Waals surface area (Å²) in [6, 6.07) is 33.1. The first-order valence-corrected chi connectivity index (χ1v) is 19.4. The molecule has 8 nitrogen and oxygen atoms in total. The largest absolute Gasteiger partial charge is 0.462 e. The lowest BCUT2D eigenvalue weighted by molar-refractivity contribution is -0.116. The van der Waals surface area contributed by atoms with Gasteiger partial charge in [0.2, 0.25) is 5.91 Å². The van der Waals surface area contributed by atoms with Gasteiger partial charge in [0.05, 0.1) is 12.2 Å². The highest BCUT2D eigenvalue weighted by Crippen LogP contribution is 2.41. The van der Waals surface area contributed by atoms with Gasteiger partial charge in [-0.1, -0.05) is 90.8 Å². The van der Waals surface area contributed by atoms with E-state index in [4.69, 9.17) is 4.74 Å². The number of benzene rings is 4. The van der Waals surface area contributed by atoms with Gasteiger partial charge in [0, 0.05) is 21.0 Å². The summed E-state index contributed by atoms with van der Waals surface area (Å²) in [5, 5.41) is 8.67. The second-order valence-corrected chi connectivity index (χ2v) is 14.9. The van der Waals surface area contributed by atoms with Gasteiger partial charge in [-0.25, -0.2) is 4.79 Å². The van der Waals surface area contributed by atoms with Crippen LogP contribution in [0.2, 0.25) is 0 Å². The summed E-state index contributed by atoms with van der Waals surface area (Å²) in [6.45, 7) is 3.98. The van der Waals surface area contributed by atoms with E-state index in [2.05, 4.69) is 16.0 Å². The quantitative estimate of drug-likeness (QED) is 0.0508. The first kappa shape index (κ1) is 37.3. The number of thioether (sulfide) groups is 1. The second kappa shape index (κ2) is 17.9. The molecular weight excluding hydrogens is 703 g/mol. The SMILES string of the molecule is CCOC(=O)c1c(NC(=O)C(Sc2cccc(NC(=O)/C(=C\c3cccc(C)c3)NC(=O)c3ccccc3)c2)c2ccccc2)sc2c1CCCCC2. The zero-order valence-electron chi connectivity index (χ0n) is 29.6. The Morgan fingerprint density at radius 1 is 0.830 bits per heavy atom. The maximum absolute atomic E-state index is 14.2. The Morgan fingerprint density at radius 2 is 1.57 bits per heavy atom. The fraction of sp³-hybridized carbons (Fsp3) is 0.209. The van der Waals surface area contributed by atoms with Gasteiger partial charge in [0.1, 0.15) is 15.9 Å². The van der Waals surface area contributed by atoms with Crippen molar-refractivity contribution in [1.29, 1.82) is 0 Å². The summed E-state index contributed by atoms with van der Waals surface area (Å²) >= 11 is 2.80. The fourth-order valence-electron chi connectivity index (χ4n) is 6.18. The van der Waals surface area contributed by atoms with Gasteiger partial charge in [-0.2, -0.15) is 0 Å². The lowest BCUT2D eigenvalue weighted by atomic mass is 10.1. The Hall–Kier alpha value is -5.45. The summed E-state index contributed by atoms with van der Waals surface area (Å²) in [5.41, 5.74) is 5.01. The molecule has 4 aromatic carbocycles. The highest BCUT2D eigenvalue weighted by Gasteiger charge is 2.29. The predicted octanol–water partition coefficient (Wildman–Crippen LogP) is 9.38. The monoisotopic (exact) mass is 743 g/mol. The van der Waals surface area contributed by atoms with Gasteiger partial charge in [0.25, 0.3) is 11.8 Å². The number of amides is 3. The molecule has 10 heteroatoms. The Bertz CT molecular complexity index is 2130. The van der Waals surface area contributed by atoms with Crippen molar-refractivity contribution in [2.75, 3.05) is 17.2 Å². The van der Waals surface area contributed by atoms with E-state index in [1.165, 1.54) is 23.1 Å². The molecule has 0 radical (unpaired) electrons. The molecule has 0 aliphatic heterocycles. The molecule has 0 spiro atoms. The number of rotatable bonds is 12. The number of hydrogen-bond donors (Lipinski definition) is 3. The van der Waals surface area contributed by atoms with Crippen molar-refractivity contribution in [1.82, 2.24) is 5.32 Å². The standard InChI is InChI=1S/C43H41N3O5S2/c1-3-51-43(50)37-34-23-11-6-12-24-36(34)53-42(37)46-41(49)38(30-17-7-4-8-18-30)52-33-22-14-21-32(27-33)44-40(48)35(26-29-16-13-15-28(2)25-29)45-39(47)31-19-9-5-10-20-31/h4-5,7-10,13-22,25-27,38H,3,6,11-12,23-24H2,1-2H3,(H,44,48)(H,45,47)(H,46,49)/b35-26+. The van der Waals surface area contributed by atoms with Gasteiger partial charge in [-0.3, -0.25) is 14.4 Å². The van der Waals surface area contributed by atoms with E-state index >= 15 is 0 Å². The molecule has 1 aliphatic carbocycles. The van der Waals surface area contributed by atoms with Crippen molar-refractivity contribution >= 4 is 63.6 Å². The summed E-state index contributed by atoms with van der Waals surface area (Å²) in [5.74, 6) is -1.59. The van der Waals surface area contributed by atoms with Crippen LogP contribution < -0.4 is 16.0 Å². The van der Waals surface area contributed by atoms with Crippen LogP contribution in [-0.2, 0) is 27.2 Å². The van der Waals surface area contributed by atoms with Gasteiger partial charge < -0.3 is 20.7 Å². The minimum atomic E-state index is -0.680. The lowest BCUT2D eigenvalue weighted by Crippen LogP contribution is -2.30. The van der Waals surface area contributed by atoms with Crippen LogP contribution in [0.3, 0.4) is 0 Å². The molecule has 1 unspecified atom stereocenters. The molecule has 1 aromatic heterocycles. The van der Waals surface area contributed by atoms with E-state index in [1.807, 2.05) is 73.7 Å². The first-order chi connectivity index (χ1) is 25.8. The average molecular weight is 744 g/mol. The minimum absolute atomic E-state index is 0.0794. The molecule has 3 amide bonds. The molecule has 5 aromatic rings. The molecule has 3 N–H and O–H groups in total. The van der Waals surface area contributed by atoms with Crippen LogP contribution in [0.4, 0.5) is 10.7 Å². The zero-order chi connectivity index (χ0) is 37.2. The number of aryl methyl sites for hydroxylation is 2. The molecule has 1 aliphatic rings. The van der Waals surface area contributed by atoms with E-state index in [1.54, 1.807) is 55.5 Å². The lowest BCUT2D eigenvalue weighted by Gasteiger charge is -2.18. The van der Waals surface area contributed by atoms with E-state index in [0.717, 1.165) is 64.1 Å². The van der Waals surface area contributed by atoms with Crippen LogP contribution in [0.5, 0.6) is 0 Å². The Balaban J connectivity index is 1.25. The molecule has 1 atom stereocenters. The van der Waals surface area contributed by atoms with Crippen molar-refractivity contribution in [3.8, 4) is 0 Å². The molecule has 0 fully saturated rings. The molecule has 0 saturated carbocycles. The average Bonchev–Trinajstić information content (AvgIpc) is 3.33. The van der Waals surface area contributed by atoms with Crippen LogP contribution in [0, 0.1) is 6.92 Å². The number of hydrogen-bond acceptors (Lipinski definition) is 7. The Morgan fingerprint density at radius 3 is 2.32 bits per heavy atom. The Kier molecular flexibility index (Phi) is 12.6. The summed E-state index contributed by atoms with van der Waals surface area (Å²) in [6.07, 6.45) is 6.43. The number of fused-ring (bicyclic) bond motifs is 1. The third kappa shape index (κ3) is 9.71. The third-order valence-electron chi connectivity index (χ3n) is 8.71.